The van der Waals surface area contributed by atoms with Gasteiger partial charge < -0.3 is 4.52 Å². The van der Waals surface area contributed by atoms with Crippen molar-refractivity contribution in [3.63, 3.8) is 0 Å². The molecule has 0 unspecified atom stereocenters. The van der Waals surface area contributed by atoms with E-state index >= 15 is 0 Å². The molecule has 0 amide bonds. The second-order valence-corrected chi connectivity index (χ2v) is 7.64. The number of benzene rings is 3. The Kier molecular flexibility index (Phi) is 5.05. The molecule has 3 aromatic carbocycles. The Morgan fingerprint density at radius 1 is 0.903 bits per heavy atom. The molecule has 0 fully saturated rings. The third-order valence-electron chi connectivity index (χ3n) is 4.65. The third kappa shape index (κ3) is 3.85. The molecule has 6 nitrogen and oxygen atoms in total. The van der Waals surface area contributed by atoms with Crippen molar-refractivity contribution in [2.75, 3.05) is 0 Å². The fourth-order valence-electron chi connectivity index (χ4n) is 3.17. The standard InChI is InChI=1S/C23H15FN4O2S/c24-16-10-12-17(13-11-16)28-22(29)18-8-4-5-9-19(18)25-23(28)31-14-20-26-21(27-30-20)15-6-2-1-3-7-15/h1-13H,14H2. The quantitative estimate of drug-likeness (QED) is 0.293. The largest absolute Gasteiger partial charge is 0.338 e. The van der Waals surface area contributed by atoms with Gasteiger partial charge in [0.25, 0.3) is 5.56 Å². The lowest BCUT2D eigenvalue weighted by Gasteiger charge is -2.12. The Hall–Kier alpha value is -3.78. The van der Waals surface area contributed by atoms with Crippen LogP contribution in [0, 0.1) is 5.82 Å². The highest BCUT2D eigenvalue weighted by Gasteiger charge is 2.15. The smallest absolute Gasteiger partial charge is 0.266 e. The van der Waals surface area contributed by atoms with Crippen LogP contribution in [0.15, 0.2) is 93.3 Å². The van der Waals surface area contributed by atoms with Crippen molar-refractivity contribution < 1.29 is 8.91 Å². The number of hydrogen-bond acceptors (Lipinski definition) is 6. The highest BCUT2D eigenvalue weighted by Crippen LogP contribution is 2.25. The van der Waals surface area contributed by atoms with Gasteiger partial charge >= 0.3 is 0 Å². The van der Waals surface area contributed by atoms with E-state index in [1.54, 1.807) is 30.3 Å². The van der Waals surface area contributed by atoms with Gasteiger partial charge in [-0.2, -0.15) is 4.98 Å². The maximum absolute atomic E-state index is 13.4. The van der Waals surface area contributed by atoms with E-state index in [1.807, 2.05) is 36.4 Å². The summed E-state index contributed by atoms with van der Waals surface area (Å²) in [6.45, 7) is 0. The fourth-order valence-corrected chi connectivity index (χ4v) is 4.02. The lowest BCUT2D eigenvalue weighted by Crippen LogP contribution is -2.21. The van der Waals surface area contributed by atoms with Gasteiger partial charge in [0.1, 0.15) is 5.82 Å². The van der Waals surface area contributed by atoms with Crippen LogP contribution in [0.1, 0.15) is 5.89 Å². The van der Waals surface area contributed by atoms with E-state index in [0.717, 1.165) is 5.56 Å². The summed E-state index contributed by atoms with van der Waals surface area (Å²) in [7, 11) is 0. The van der Waals surface area contributed by atoms with E-state index in [9.17, 15) is 9.18 Å². The summed E-state index contributed by atoms with van der Waals surface area (Å²) < 4.78 is 20.3. The molecular weight excluding hydrogens is 415 g/mol. The molecule has 0 aliphatic heterocycles. The molecule has 2 aromatic heterocycles. The number of rotatable bonds is 5. The van der Waals surface area contributed by atoms with Crippen LogP contribution < -0.4 is 5.56 Å². The first-order valence-electron chi connectivity index (χ1n) is 9.47. The van der Waals surface area contributed by atoms with Crippen LogP contribution >= 0.6 is 11.8 Å². The first kappa shape index (κ1) is 19.2. The monoisotopic (exact) mass is 430 g/mol. The van der Waals surface area contributed by atoms with Gasteiger partial charge in [-0.3, -0.25) is 9.36 Å². The van der Waals surface area contributed by atoms with Gasteiger partial charge in [0.05, 0.1) is 22.3 Å². The minimum atomic E-state index is -0.376. The van der Waals surface area contributed by atoms with Crippen molar-refractivity contribution in [3.8, 4) is 17.1 Å². The summed E-state index contributed by atoms with van der Waals surface area (Å²) in [5.74, 6) is 0.862. The molecule has 2 heterocycles. The van der Waals surface area contributed by atoms with E-state index in [4.69, 9.17) is 4.52 Å². The van der Waals surface area contributed by atoms with Gasteiger partial charge in [0.15, 0.2) is 5.16 Å². The highest BCUT2D eigenvalue weighted by molar-refractivity contribution is 7.98. The Morgan fingerprint density at radius 3 is 2.45 bits per heavy atom. The van der Waals surface area contributed by atoms with Crippen LogP contribution in [0.25, 0.3) is 28.0 Å². The molecular formula is C23H15FN4O2S. The maximum Gasteiger partial charge on any atom is 0.266 e. The zero-order valence-corrected chi connectivity index (χ0v) is 16.9. The van der Waals surface area contributed by atoms with E-state index < -0.39 is 0 Å². The van der Waals surface area contributed by atoms with Crippen LogP contribution in [-0.2, 0) is 5.75 Å². The maximum atomic E-state index is 13.4. The minimum absolute atomic E-state index is 0.227. The van der Waals surface area contributed by atoms with Gasteiger partial charge in [-0.15, -0.1) is 0 Å². The molecule has 0 radical (unpaired) electrons. The van der Waals surface area contributed by atoms with E-state index in [-0.39, 0.29) is 11.4 Å². The fraction of sp³-hybridized carbons (Fsp3) is 0.0435. The molecule has 0 aliphatic carbocycles. The molecule has 5 rings (SSSR count). The van der Waals surface area contributed by atoms with E-state index in [0.29, 0.717) is 39.2 Å². The van der Waals surface area contributed by atoms with Gasteiger partial charge in [0.2, 0.25) is 11.7 Å². The second kappa shape index (κ2) is 8.16. The van der Waals surface area contributed by atoms with Crippen LogP contribution in [-0.4, -0.2) is 19.7 Å². The summed E-state index contributed by atoms with van der Waals surface area (Å²) in [5.41, 5.74) is 1.75. The normalized spacial score (nSPS) is 11.1. The van der Waals surface area contributed by atoms with E-state index in [2.05, 4.69) is 15.1 Å². The number of hydrogen-bond donors (Lipinski definition) is 0. The Balaban J connectivity index is 1.52. The predicted octanol–water partition coefficient (Wildman–Crippen LogP) is 4.87. The molecule has 152 valence electrons. The zero-order valence-electron chi connectivity index (χ0n) is 16.1. The summed E-state index contributed by atoms with van der Waals surface area (Å²) in [5, 5.41) is 4.97. The molecule has 5 aromatic rings. The van der Waals surface area contributed by atoms with Crippen molar-refractivity contribution in [2.24, 2.45) is 0 Å². The van der Waals surface area contributed by atoms with Gasteiger partial charge in [-0.1, -0.05) is 59.4 Å². The van der Waals surface area contributed by atoms with Gasteiger partial charge in [0, 0.05) is 5.56 Å². The van der Waals surface area contributed by atoms with Crippen molar-refractivity contribution in [1.29, 1.82) is 0 Å². The van der Waals surface area contributed by atoms with Gasteiger partial charge in [-0.05, 0) is 36.4 Å². The molecule has 0 saturated carbocycles. The Morgan fingerprint density at radius 2 is 1.65 bits per heavy atom. The first-order chi connectivity index (χ1) is 15.2. The number of thioether (sulfide) groups is 1. The molecule has 0 bridgehead atoms. The molecule has 0 N–H and O–H groups in total. The third-order valence-corrected chi connectivity index (χ3v) is 5.58. The summed E-state index contributed by atoms with van der Waals surface area (Å²) in [4.78, 5) is 22.3. The lowest BCUT2D eigenvalue weighted by atomic mass is 10.2. The van der Waals surface area contributed by atoms with Crippen molar-refractivity contribution in [2.45, 2.75) is 10.9 Å². The average Bonchev–Trinajstić information content (AvgIpc) is 3.28. The number of nitrogens with zero attached hydrogens (tertiary/aromatic N) is 4. The second-order valence-electron chi connectivity index (χ2n) is 6.69. The van der Waals surface area contributed by atoms with Crippen molar-refractivity contribution >= 4 is 22.7 Å². The molecule has 8 heteroatoms. The van der Waals surface area contributed by atoms with Crippen LogP contribution in [0.3, 0.4) is 0 Å². The minimum Gasteiger partial charge on any atom is -0.338 e. The Labute approximate surface area is 180 Å². The molecule has 0 aliphatic rings. The van der Waals surface area contributed by atoms with E-state index in [1.165, 1.54) is 28.5 Å². The van der Waals surface area contributed by atoms with Crippen molar-refractivity contribution in [1.82, 2.24) is 19.7 Å². The first-order valence-corrected chi connectivity index (χ1v) is 10.5. The molecule has 0 saturated heterocycles. The average molecular weight is 430 g/mol. The summed E-state index contributed by atoms with van der Waals surface area (Å²) in [6, 6.07) is 22.4. The van der Waals surface area contributed by atoms with Crippen LogP contribution in [0.2, 0.25) is 0 Å². The molecule has 0 spiro atoms. The highest BCUT2D eigenvalue weighted by atomic mass is 32.2. The Bertz CT molecular complexity index is 1420. The predicted molar refractivity (Wildman–Crippen MR) is 117 cm³/mol. The lowest BCUT2D eigenvalue weighted by molar-refractivity contribution is 0.391. The molecule has 31 heavy (non-hydrogen) atoms. The van der Waals surface area contributed by atoms with Crippen molar-refractivity contribution in [3.05, 3.63) is 101 Å². The summed E-state index contributed by atoms with van der Waals surface area (Å²) >= 11 is 1.30. The zero-order chi connectivity index (χ0) is 21.2. The number of fused-ring (bicyclic) bond motifs is 1. The van der Waals surface area contributed by atoms with Crippen LogP contribution in [0.5, 0.6) is 0 Å². The number of aromatic nitrogens is 4. The molecule has 0 atom stereocenters. The summed E-state index contributed by atoms with van der Waals surface area (Å²) in [6.07, 6.45) is 0. The SMILES string of the molecule is O=c1c2ccccc2nc(SCc2nc(-c3ccccc3)no2)n1-c1ccc(F)cc1. The number of para-hydroxylation sites is 1. The topological polar surface area (TPSA) is 73.8 Å². The number of halogens is 1. The van der Waals surface area contributed by atoms with Crippen LogP contribution in [0.4, 0.5) is 4.39 Å². The van der Waals surface area contributed by atoms with Gasteiger partial charge in [-0.25, -0.2) is 9.37 Å².